The first-order valence-corrected chi connectivity index (χ1v) is 10.5. The number of hydrogen-bond donors (Lipinski definition) is 1. The molecule has 4 nitrogen and oxygen atoms in total. The lowest BCUT2D eigenvalue weighted by atomic mass is 9.68. The van der Waals surface area contributed by atoms with Gasteiger partial charge in [-0.15, -0.1) is 11.3 Å². The third-order valence-electron chi connectivity index (χ3n) is 5.73. The normalized spacial score (nSPS) is 17.9. The molecule has 1 aliphatic carbocycles. The molecule has 0 amide bonds. The van der Waals surface area contributed by atoms with Gasteiger partial charge in [0.25, 0.3) is 0 Å². The molecule has 29 heavy (non-hydrogen) atoms. The molecule has 1 aliphatic rings. The standard InChI is InChI=1S/C24H22N4S/c1-28(2)19-10-8-18(9-11-19)24(17-6-4-3-5-7-17)13-12-20-21(14-24)26-27-23(20)22-15-25-16-29-22/h3-13,15-16H,14H2,1-2H3,(H,26,27). The van der Waals surface area contributed by atoms with Gasteiger partial charge in [-0.25, -0.2) is 0 Å². The first kappa shape index (κ1) is 17.9. The number of thiazole rings is 1. The average molecular weight is 399 g/mol. The molecular weight excluding hydrogens is 376 g/mol. The lowest BCUT2D eigenvalue weighted by molar-refractivity contribution is 0.620. The van der Waals surface area contributed by atoms with E-state index in [1.807, 2.05) is 11.7 Å². The molecular formula is C24H22N4S. The first-order valence-electron chi connectivity index (χ1n) is 9.66. The van der Waals surface area contributed by atoms with Crippen LogP contribution in [0.1, 0.15) is 22.4 Å². The first-order chi connectivity index (χ1) is 14.2. The highest BCUT2D eigenvalue weighted by molar-refractivity contribution is 7.13. The van der Waals surface area contributed by atoms with E-state index in [-0.39, 0.29) is 5.41 Å². The van der Waals surface area contributed by atoms with Gasteiger partial charge in [-0.1, -0.05) is 54.6 Å². The van der Waals surface area contributed by atoms with E-state index >= 15 is 0 Å². The van der Waals surface area contributed by atoms with Crippen molar-refractivity contribution in [3.63, 3.8) is 0 Å². The van der Waals surface area contributed by atoms with E-state index in [9.17, 15) is 0 Å². The Kier molecular flexibility index (Phi) is 4.32. The highest BCUT2D eigenvalue weighted by Crippen LogP contribution is 2.43. The van der Waals surface area contributed by atoms with Crippen LogP contribution in [0.4, 0.5) is 5.69 Å². The quantitative estimate of drug-likeness (QED) is 0.517. The van der Waals surface area contributed by atoms with Crippen LogP contribution in [-0.2, 0) is 11.8 Å². The van der Waals surface area contributed by atoms with Gasteiger partial charge in [-0.3, -0.25) is 10.1 Å². The second-order valence-electron chi connectivity index (χ2n) is 7.62. The maximum absolute atomic E-state index is 4.62. The molecule has 1 atom stereocenters. The Labute approximate surface area is 174 Å². The number of hydrogen-bond acceptors (Lipinski definition) is 4. The molecule has 2 heterocycles. The molecule has 4 aromatic rings. The highest BCUT2D eigenvalue weighted by Gasteiger charge is 2.36. The van der Waals surface area contributed by atoms with E-state index < -0.39 is 0 Å². The minimum Gasteiger partial charge on any atom is -0.378 e. The van der Waals surface area contributed by atoms with Gasteiger partial charge in [0.1, 0.15) is 5.69 Å². The molecule has 0 saturated carbocycles. The van der Waals surface area contributed by atoms with Crippen molar-refractivity contribution < 1.29 is 0 Å². The van der Waals surface area contributed by atoms with E-state index in [1.165, 1.54) is 22.4 Å². The third kappa shape index (κ3) is 2.98. The summed E-state index contributed by atoms with van der Waals surface area (Å²) < 4.78 is 0. The van der Waals surface area contributed by atoms with Gasteiger partial charge in [0, 0.05) is 49.1 Å². The molecule has 2 aromatic heterocycles. The molecule has 2 aromatic carbocycles. The van der Waals surface area contributed by atoms with E-state index in [0.29, 0.717) is 0 Å². The summed E-state index contributed by atoms with van der Waals surface area (Å²) in [5, 5.41) is 7.93. The van der Waals surface area contributed by atoms with Crippen LogP contribution in [0.5, 0.6) is 0 Å². The van der Waals surface area contributed by atoms with Gasteiger partial charge in [-0.05, 0) is 23.3 Å². The average Bonchev–Trinajstić information content (AvgIpc) is 3.43. The molecule has 0 bridgehead atoms. The van der Waals surface area contributed by atoms with Gasteiger partial charge in [0.05, 0.1) is 10.4 Å². The van der Waals surface area contributed by atoms with Crippen molar-refractivity contribution in [1.29, 1.82) is 0 Å². The fraction of sp³-hybridized carbons (Fsp3) is 0.167. The lowest BCUT2D eigenvalue weighted by Gasteiger charge is -2.34. The number of fused-ring (bicyclic) bond motifs is 1. The molecule has 0 aliphatic heterocycles. The Morgan fingerprint density at radius 1 is 1.00 bits per heavy atom. The number of allylic oxidation sites excluding steroid dienone is 1. The predicted molar refractivity (Wildman–Crippen MR) is 120 cm³/mol. The predicted octanol–water partition coefficient (Wildman–Crippen LogP) is 5.15. The monoisotopic (exact) mass is 398 g/mol. The third-order valence-corrected chi connectivity index (χ3v) is 6.51. The maximum atomic E-state index is 4.62. The number of benzene rings is 2. The Morgan fingerprint density at radius 3 is 2.45 bits per heavy atom. The molecule has 0 saturated heterocycles. The lowest BCUT2D eigenvalue weighted by Crippen LogP contribution is -2.30. The Hall–Kier alpha value is -3.18. The van der Waals surface area contributed by atoms with Gasteiger partial charge in [0.2, 0.25) is 0 Å². The summed E-state index contributed by atoms with van der Waals surface area (Å²) in [4.78, 5) is 7.43. The fourth-order valence-electron chi connectivity index (χ4n) is 4.14. The van der Waals surface area contributed by atoms with Gasteiger partial charge in [-0.2, -0.15) is 5.10 Å². The molecule has 0 radical (unpaired) electrons. The maximum Gasteiger partial charge on any atom is 0.111 e. The zero-order valence-corrected chi connectivity index (χ0v) is 17.3. The van der Waals surface area contributed by atoms with E-state index in [0.717, 1.165) is 22.7 Å². The van der Waals surface area contributed by atoms with E-state index in [1.54, 1.807) is 11.3 Å². The zero-order valence-electron chi connectivity index (χ0n) is 16.5. The number of aromatic amines is 1. The Morgan fingerprint density at radius 2 is 1.76 bits per heavy atom. The number of nitrogens with zero attached hydrogens (tertiary/aromatic N) is 3. The van der Waals surface area contributed by atoms with Crippen molar-refractivity contribution in [1.82, 2.24) is 15.2 Å². The zero-order chi connectivity index (χ0) is 19.8. The number of aromatic nitrogens is 3. The summed E-state index contributed by atoms with van der Waals surface area (Å²) in [5.74, 6) is 0. The van der Waals surface area contributed by atoms with E-state index in [2.05, 4.69) is 101 Å². The van der Waals surface area contributed by atoms with Crippen LogP contribution in [-0.4, -0.2) is 29.3 Å². The summed E-state index contributed by atoms with van der Waals surface area (Å²) in [6, 6.07) is 19.6. The van der Waals surface area contributed by atoms with Gasteiger partial charge in [0.15, 0.2) is 0 Å². The molecule has 5 heteroatoms. The summed E-state index contributed by atoms with van der Waals surface area (Å²) in [5.41, 5.74) is 8.72. The fourth-order valence-corrected chi connectivity index (χ4v) is 4.76. The Bertz CT molecular complexity index is 1140. The largest absolute Gasteiger partial charge is 0.378 e. The van der Waals surface area contributed by atoms with Crippen LogP contribution in [0.2, 0.25) is 0 Å². The van der Waals surface area contributed by atoms with Crippen molar-refractivity contribution in [3.05, 3.63) is 94.8 Å². The highest BCUT2D eigenvalue weighted by atomic mass is 32.1. The molecule has 144 valence electrons. The van der Waals surface area contributed by atoms with Crippen molar-refractivity contribution in [2.75, 3.05) is 19.0 Å². The van der Waals surface area contributed by atoms with Crippen LogP contribution >= 0.6 is 11.3 Å². The van der Waals surface area contributed by atoms with Crippen molar-refractivity contribution in [2.24, 2.45) is 0 Å². The SMILES string of the molecule is CN(C)c1ccc(C2(c3ccccc3)C=Cc3c(-c4cncs4)n[nH]c3C2)cc1. The van der Waals surface area contributed by atoms with Gasteiger partial charge >= 0.3 is 0 Å². The van der Waals surface area contributed by atoms with Crippen LogP contribution in [0.25, 0.3) is 16.6 Å². The summed E-state index contributed by atoms with van der Waals surface area (Å²) in [6.45, 7) is 0. The van der Waals surface area contributed by atoms with Crippen LogP contribution < -0.4 is 4.90 Å². The Balaban J connectivity index is 1.63. The second-order valence-corrected chi connectivity index (χ2v) is 8.51. The number of anilines is 1. The molecule has 1 unspecified atom stereocenters. The minimum absolute atomic E-state index is 0.226. The minimum atomic E-state index is -0.226. The van der Waals surface area contributed by atoms with Crippen LogP contribution in [0.3, 0.4) is 0 Å². The number of rotatable bonds is 4. The summed E-state index contributed by atoms with van der Waals surface area (Å²) in [6.07, 6.45) is 7.30. The number of nitrogens with one attached hydrogen (secondary N) is 1. The smallest absolute Gasteiger partial charge is 0.111 e. The van der Waals surface area contributed by atoms with Crippen molar-refractivity contribution >= 4 is 23.1 Å². The van der Waals surface area contributed by atoms with Crippen LogP contribution in [0, 0.1) is 0 Å². The topological polar surface area (TPSA) is 44.8 Å². The number of H-pyrrole nitrogens is 1. The molecule has 0 fully saturated rings. The molecule has 5 rings (SSSR count). The molecule has 0 spiro atoms. The van der Waals surface area contributed by atoms with Crippen LogP contribution in [0.15, 0.2) is 72.4 Å². The van der Waals surface area contributed by atoms with Crippen molar-refractivity contribution in [2.45, 2.75) is 11.8 Å². The summed E-state index contributed by atoms with van der Waals surface area (Å²) in [7, 11) is 4.14. The van der Waals surface area contributed by atoms with E-state index in [4.69, 9.17) is 0 Å². The van der Waals surface area contributed by atoms with Gasteiger partial charge < -0.3 is 4.90 Å². The second kappa shape index (κ2) is 7.01. The molecule has 1 N–H and O–H groups in total. The summed E-state index contributed by atoms with van der Waals surface area (Å²) >= 11 is 1.62. The van der Waals surface area contributed by atoms with Crippen molar-refractivity contribution in [3.8, 4) is 10.6 Å².